The van der Waals surface area contributed by atoms with Crippen molar-refractivity contribution in [1.29, 1.82) is 0 Å². The maximum absolute atomic E-state index is 12.8. The molecule has 0 aliphatic heterocycles. The number of nitrogens with one attached hydrogen (secondary N) is 1. The average molecular weight is 371 g/mol. The van der Waals surface area contributed by atoms with Crippen molar-refractivity contribution < 1.29 is 9.21 Å². The standard InChI is InChI=1S/C19H25N5O3/c1-11(8-22(4)5)20-18(25)15-9-24-10-16(14-7-12(2)27-13(14)3)23(6)19(26)17(24)21-15/h7,9-11H,8H2,1-6H3,(H,20,25)/t11-/m0/s1. The Morgan fingerprint density at radius 2 is 2.04 bits per heavy atom. The van der Waals surface area contributed by atoms with Crippen molar-refractivity contribution in [2.75, 3.05) is 20.6 Å². The number of carbonyl (C=O) groups is 1. The third kappa shape index (κ3) is 3.66. The highest BCUT2D eigenvalue weighted by Crippen LogP contribution is 2.25. The summed E-state index contributed by atoms with van der Waals surface area (Å²) in [5.41, 5.74) is 1.70. The van der Waals surface area contributed by atoms with Gasteiger partial charge in [-0.1, -0.05) is 0 Å². The Morgan fingerprint density at radius 1 is 1.33 bits per heavy atom. The topological polar surface area (TPSA) is 84.8 Å². The predicted octanol–water partition coefficient (Wildman–Crippen LogP) is 1.59. The zero-order valence-electron chi connectivity index (χ0n) is 16.5. The number of hydrogen-bond donors (Lipinski definition) is 1. The number of furan rings is 1. The molecule has 0 radical (unpaired) electrons. The van der Waals surface area contributed by atoms with Gasteiger partial charge in [0.2, 0.25) is 5.65 Å². The highest BCUT2D eigenvalue weighted by Gasteiger charge is 2.18. The molecule has 0 bridgehead atoms. The Morgan fingerprint density at radius 3 is 2.63 bits per heavy atom. The van der Waals surface area contributed by atoms with Gasteiger partial charge in [-0.2, -0.15) is 0 Å². The molecule has 0 saturated carbocycles. The van der Waals surface area contributed by atoms with Crippen molar-refractivity contribution in [2.45, 2.75) is 26.8 Å². The molecular weight excluding hydrogens is 346 g/mol. The van der Waals surface area contributed by atoms with Gasteiger partial charge < -0.3 is 19.2 Å². The minimum absolute atomic E-state index is 0.0349. The number of hydrogen-bond acceptors (Lipinski definition) is 5. The first-order valence-corrected chi connectivity index (χ1v) is 8.79. The van der Waals surface area contributed by atoms with Crippen LogP contribution in [0.2, 0.25) is 0 Å². The van der Waals surface area contributed by atoms with E-state index in [1.807, 2.05) is 45.8 Å². The molecule has 27 heavy (non-hydrogen) atoms. The molecule has 144 valence electrons. The van der Waals surface area contributed by atoms with Crippen LogP contribution >= 0.6 is 0 Å². The van der Waals surface area contributed by atoms with Gasteiger partial charge in [0.05, 0.1) is 5.69 Å². The van der Waals surface area contributed by atoms with E-state index in [0.29, 0.717) is 12.2 Å². The molecule has 0 spiro atoms. The molecule has 0 aliphatic carbocycles. The summed E-state index contributed by atoms with van der Waals surface area (Å²) in [6.45, 7) is 6.36. The third-order valence-electron chi connectivity index (χ3n) is 4.42. The number of aryl methyl sites for hydroxylation is 2. The van der Waals surface area contributed by atoms with E-state index < -0.39 is 0 Å². The Kier molecular flexibility index (Phi) is 4.93. The summed E-state index contributed by atoms with van der Waals surface area (Å²) in [6.07, 6.45) is 3.38. The molecule has 3 rings (SSSR count). The number of amides is 1. The lowest BCUT2D eigenvalue weighted by Gasteiger charge is -2.17. The maximum Gasteiger partial charge on any atom is 0.294 e. The van der Waals surface area contributed by atoms with Crippen LogP contribution in [-0.4, -0.2) is 51.4 Å². The van der Waals surface area contributed by atoms with Crippen LogP contribution in [0, 0.1) is 13.8 Å². The Hall–Kier alpha value is -2.87. The Balaban J connectivity index is 2.01. The summed E-state index contributed by atoms with van der Waals surface area (Å²) < 4.78 is 8.71. The van der Waals surface area contributed by atoms with Gasteiger partial charge >= 0.3 is 0 Å². The van der Waals surface area contributed by atoms with E-state index in [9.17, 15) is 9.59 Å². The lowest BCUT2D eigenvalue weighted by atomic mass is 10.2. The number of imidazole rings is 1. The zero-order valence-corrected chi connectivity index (χ0v) is 16.5. The summed E-state index contributed by atoms with van der Waals surface area (Å²) in [4.78, 5) is 31.5. The van der Waals surface area contributed by atoms with E-state index in [-0.39, 0.29) is 28.8 Å². The van der Waals surface area contributed by atoms with Gasteiger partial charge in [-0.25, -0.2) is 4.98 Å². The van der Waals surface area contributed by atoms with E-state index >= 15 is 0 Å². The van der Waals surface area contributed by atoms with E-state index in [1.165, 1.54) is 4.57 Å². The molecule has 0 fully saturated rings. The third-order valence-corrected chi connectivity index (χ3v) is 4.42. The first-order valence-electron chi connectivity index (χ1n) is 8.79. The lowest BCUT2D eigenvalue weighted by Crippen LogP contribution is -2.39. The van der Waals surface area contributed by atoms with Crippen LogP contribution in [0.3, 0.4) is 0 Å². The number of likely N-dealkylation sites (N-methyl/N-ethyl adjacent to an activating group) is 1. The molecule has 0 aliphatic rings. The fourth-order valence-corrected chi connectivity index (χ4v) is 3.26. The fraction of sp³-hybridized carbons (Fsp3) is 0.421. The van der Waals surface area contributed by atoms with Crippen molar-refractivity contribution in [3.63, 3.8) is 0 Å². The van der Waals surface area contributed by atoms with E-state index in [4.69, 9.17) is 4.42 Å². The van der Waals surface area contributed by atoms with Crippen molar-refractivity contribution in [3.05, 3.63) is 46.0 Å². The van der Waals surface area contributed by atoms with Gasteiger partial charge in [0.15, 0.2) is 0 Å². The number of rotatable bonds is 5. The molecule has 3 heterocycles. The highest BCUT2D eigenvalue weighted by molar-refractivity contribution is 5.93. The quantitative estimate of drug-likeness (QED) is 0.736. The number of carbonyl (C=O) groups excluding carboxylic acids is 1. The normalized spacial score (nSPS) is 12.7. The number of aromatic nitrogens is 3. The summed E-state index contributed by atoms with van der Waals surface area (Å²) in [6, 6.07) is 1.86. The monoisotopic (exact) mass is 371 g/mol. The second-order valence-electron chi connectivity index (χ2n) is 7.20. The molecule has 8 nitrogen and oxygen atoms in total. The molecule has 0 aromatic carbocycles. The number of nitrogens with zero attached hydrogens (tertiary/aromatic N) is 4. The number of fused-ring (bicyclic) bond motifs is 1. The van der Waals surface area contributed by atoms with Crippen LogP contribution in [0.25, 0.3) is 16.9 Å². The molecule has 1 N–H and O–H groups in total. The van der Waals surface area contributed by atoms with Crippen molar-refractivity contribution in [3.8, 4) is 11.3 Å². The molecule has 1 amide bonds. The molecular formula is C19H25N5O3. The van der Waals surface area contributed by atoms with Crippen molar-refractivity contribution in [2.24, 2.45) is 7.05 Å². The van der Waals surface area contributed by atoms with E-state index in [1.54, 1.807) is 23.8 Å². The first-order chi connectivity index (χ1) is 12.7. The smallest absolute Gasteiger partial charge is 0.294 e. The molecule has 3 aromatic rings. The van der Waals surface area contributed by atoms with E-state index in [0.717, 1.165) is 17.1 Å². The Labute approximate surface area is 157 Å². The fourth-order valence-electron chi connectivity index (χ4n) is 3.26. The van der Waals surface area contributed by atoms with Crippen LogP contribution in [0.1, 0.15) is 28.9 Å². The maximum atomic E-state index is 12.8. The molecule has 3 aromatic heterocycles. The molecule has 1 atom stereocenters. The SMILES string of the molecule is Cc1cc(-c2cn3cc(C(=O)N[C@@H](C)CN(C)C)nc3c(=O)n2C)c(C)o1. The lowest BCUT2D eigenvalue weighted by molar-refractivity contribution is 0.0930. The van der Waals surface area contributed by atoms with Gasteiger partial charge in [-0.3, -0.25) is 14.0 Å². The van der Waals surface area contributed by atoms with E-state index in [2.05, 4.69) is 10.3 Å². The average Bonchev–Trinajstić information content (AvgIpc) is 3.13. The molecule has 8 heteroatoms. The van der Waals surface area contributed by atoms with Gasteiger partial charge in [-0.15, -0.1) is 0 Å². The van der Waals surface area contributed by atoms with Gasteiger partial charge in [0, 0.05) is 37.6 Å². The highest BCUT2D eigenvalue weighted by atomic mass is 16.3. The zero-order chi connectivity index (χ0) is 19.9. The largest absolute Gasteiger partial charge is 0.466 e. The van der Waals surface area contributed by atoms with Crippen LogP contribution in [0.5, 0.6) is 0 Å². The molecule has 0 unspecified atom stereocenters. The van der Waals surface area contributed by atoms with Crippen LogP contribution in [0.4, 0.5) is 0 Å². The van der Waals surface area contributed by atoms with Gasteiger partial charge in [0.1, 0.15) is 17.2 Å². The van der Waals surface area contributed by atoms with Gasteiger partial charge in [0.25, 0.3) is 11.5 Å². The second kappa shape index (κ2) is 7.03. The Bertz CT molecular complexity index is 1060. The molecule has 0 saturated heterocycles. The second-order valence-corrected chi connectivity index (χ2v) is 7.20. The summed E-state index contributed by atoms with van der Waals surface area (Å²) in [7, 11) is 5.57. The van der Waals surface area contributed by atoms with Crippen molar-refractivity contribution >= 4 is 11.6 Å². The minimum atomic E-state index is -0.299. The van der Waals surface area contributed by atoms with Gasteiger partial charge in [-0.05, 0) is 40.9 Å². The summed E-state index contributed by atoms with van der Waals surface area (Å²) in [5, 5.41) is 2.90. The van der Waals surface area contributed by atoms with Crippen LogP contribution < -0.4 is 10.9 Å². The summed E-state index contributed by atoms with van der Waals surface area (Å²) >= 11 is 0. The van der Waals surface area contributed by atoms with Crippen LogP contribution in [0.15, 0.2) is 27.7 Å². The van der Waals surface area contributed by atoms with Crippen molar-refractivity contribution in [1.82, 2.24) is 24.2 Å². The predicted molar refractivity (Wildman–Crippen MR) is 103 cm³/mol. The van der Waals surface area contributed by atoms with Crippen LogP contribution in [-0.2, 0) is 7.05 Å². The first kappa shape index (κ1) is 18.9. The minimum Gasteiger partial charge on any atom is -0.466 e. The summed E-state index contributed by atoms with van der Waals surface area (Å²) in [5.74, 6) is 1.21.